The Labute approximate surface area is 177 Å². The van der Waals surface area contributed by atoms with E-state index in [4.69, 9.17) is 0 Å². The fraction of sp³-hybridized carbons (Fsp3) is 0.263. The second-order valence-electron chi connectivity index (χ2n) is 6.72. The van der Waals surface area contributed by atoms with Crippen LogP contribution in [0, 0.1) is 26.2 Å². The van der Waals surface area contributed by atoms with Crippen molar-refractivity contribution < 1.29 is 21.1 Å². The Bertz CT molecular complexity index is 1010. The molecule has 0 amide bonds. The largest absolute Gasteiger partial charge is 2.00 e. The third-order valence-electron chi connectivity index (χ3n) is 4.40. The number of rotatable bonds is 4. The minimum absolute atomic E-state index is 0. The molecule has 8 nitrogen and oxygen atoms in total. The van der Waals surface area contributed by atoms with Gasteiger partial charge in [0.1, 0.15) is 24.3 Å². The molecule has 0 unspecified atom stereocenters. The van der Waals surface area contributed by atoms with Crippen LogP contribution >= 0.6 is 0 Å². The van der Waals surface area contributed by atoms with Crippen molar-refractivity contribution in [3.05, 3.63) is 72.4 Å². The molecule has 0 spiro atoms. The number of hydrogen-bond acceptors (Lipinski definition) is 6. The third-order valence-corrected chi connectivity index (χ3v) is 4.40. The summed E-state index contributed by atoms with van der Waals surface area (Å²) < 4.78 is 3.58. The van der Waals surface area contributed by atoms with Crippen LogP contribution < -0.4 is 0 Å². The van der Waals surface area contributed by atoms with Crippen molar-refractivity contribution in [3.8, 4) is 11.9 Å². The molecule has 4 rings (SSSR count). The van der Waals surface area contributed by atoms with Crippen LogP contribution in [0.4, 0.5) is 0 Å². The smallest absolute Gasteiger partial charge is 0.417 e. The van der Waals surface area contributed by atoms with Gasteiger partial charge < -0.3 is 9.13 Å². The van der Waals surface area contributed by atoms with Crippen LogP contribution in [0.25, 0.3) is 11.9 Å². The summed E-state index contributed by atoms with van der Waals surface area (Å²) in [6.07, 6.45) is 9.18. The van der Waals surface area contributed by atoms with E-state index in [1.54, 1.807) is 9.13 Å². The number of hydrogen-bond donors (Lipinski definition) is 0. The van der Waals surface area contributed by atoms with E-state index in [9.17, 15) is 0 Å². The van der Waals surface area contributed by atoms with Gasteiger partial charge in [-0.25, -0.2) is 29.9 Å². The second kappa shape index (κ2) is 7.71. The fourth-order valence-corrected chi connectivity index (χ4v) is 2.74. The summed E-state index contributed by atoms with van der Waals surface area (Å²) in [5.41, 5.74) is 1.34. The predicted octanol–water partition coefficient (Wildman–Crippen LogP) is 2.18. The summed E-state index contributed by atoms with van der Waals surface area (Å²) in [6, 6.07) is 7.56. The maximum absolute atomic E-state index is 4.63. The molecule has 0 saturated heterocycles. The molecule has 4 aromatic rings. The van der Waals surface area contributed by atoms with Crippen molar-refractivity contribution in [3.63, 3.8) is 0 Å². The van der Waals surface area contributed by atoms with Gasteiger partial charge in [0.05, 0.1) is 5.41 Å². The standard InChI is InChI=1S/C19H18N8.Pt/c1-13-7-5-9-26(13)17-22-11-20-15(24-17)19(3,4)16-21-12-23-18(25-16)27-10-6-8-14(27)2;/h5-8,11-12H,1-4H3;/q-2;+2. The van der Waals surface area contributed by atoms with Crippen molar-refractivity contribution in [2.45, 2.75) is 33.1 Å². The quantitative estimate of drug-likeness (QED) is 0.360. The van der Waals surface area contributed by atoms with E-state index < -0.39 is 5.41 Å². The van der Waals surface area contributed by atoms with E-state index in [0.29, 0.717) is 23.5 Å². The first-order chi connectivity index (χ1) is 13.0. The molecular formula is C19H18N8Pt. The molecule has 0 aliphatic carbocycles. The van der Waals surface area contributed by atoms with Crippen molar-refractivity contribution in [1.29, 1.82) is 0 Å². The van der Waals surface area contributed by atoms with Gasteiger partial charge in [0.15, 0.2) is 11.9 Å². The Kier molecular flexibility index (Phi) is 5.51. The van der Waals surface area contributed by atoms with Gasteiger partial charge in [0, 0.05) is 0 Å². The van der Waals surface area contributed by atoms with Crippen LogP contribution in [0.1, 0.15) is 36.9 Å². The van der Waals surface area contributed by atoms with Crippen LogP contribution in [0.2, 0.25) is 0 Å². The van der Waals surface area contributed by atoms with E-state index in [0.717, 1.165) is 11.4 Å². The first kappa shape index (κ1) is 20.0. The normalized spacial score (nSPS) is 11.3. The van der Waals surface area contributed by atoms with Gasteiger partial charge >= 0.3 is 21.1 Å². The van der Waals surface area contributed by atoms with Crippen LogP contribution in [0.15, 0.2) is 36.9 Å². The molecule has 0 atom stereocenters. The van der Waals surface area contributed by atoms with Crippen molar-refractivity contribution >= 4 is 0 Å². The molecule has 0 aromatic carbocycles. The molecule has 0 bridgehead atoms. The van der Waals surface area contributed by atoms with Crippen LogP contribution in [0.3, 0.4) is 0 Å². The molecule has 28 heavy (non-hydrogen) atoms. The first-order valence-electron chi connectivity index (χ1n) is 8.48. The molecular weight excluding hydrogens is 535 g/mol. The Morgan fingerprint density at radius 1 is 0.750 bits per heavy atom. The molecule has 144 valence electrons. The zero-order valence-corrected chi connectivity index (χ0v) is 18.1. The molecule has 0 radical (unpaired) electrons. The molecule has 0 aliphatic heterocycles. The Hall–Kier alpha value is -2.73. The number of aryl methyl sites for hydroxylation is 2. The Morgan fingerprint density at radius 3 is 1.54 bits per heavy atom. The zero-order chi connectivity index (χ0) is 19.0. The minimum atomic E-state index is -0.641. The molecule has 4 aromatic heterocycles. The average Bonchev–Trinajstić information content (AvgIpc) is 3.30. The summed E-state index contributed by atoms with van der Waals surface area (Å²) >= 11 is 0. The van der Waals surface area contributed by atoms with Crippen molar-refractivity contribution in [2.24, 2.45) is 0 Å². The minimum Gasteiger partial charge on any atom is -0.417 e. The predicted molar refractivity (Wildman–Crippen MR) is 97.6 cm³/mol. The first-order valence-corrected chi connectivity index (χ1v) is 8.48. The van der Waals surface area contributed by atoms with Gasteiger partial charge in [0.2, 0.25) is 0 Å². The van der Waals surface area contributed by atoms with Gasteiger partial charge in [-0.3, -0.25) is 0 Å². The van der Waals surface area contributed by atoms with Crippen molar-refractivity contribution in [1.82, 2.24) is 39.0 Å². The molecule has 0 saturated carbocycles. The molecule has 0 aliphatic rings. The Balaban J connectivity index is 0.00000225. The topological polar surface area (TPSA) is 87.2 Å². The van der Waals surface area contributed by atoms with Gasteiger partial charge in [-0.2, -0.15) is 12.1 Å². The summed E-state index contributed by atoms with van der Waals surface area (Å²) in [4.78, 5) is 26.5. The van der Waals surface area contributed by atoms with Gasteiger partial charge in [-0.1, -0.05) is 26.2 Å². The summed E-state index contributed by atoms with van der Waals surface area (Å²) in [5, 5.41) is 0. The second-order valence-corrected chi connectivity index (χ2v) is 6.72. The van der Waals surface area contributed by atoms with Crippen molar-refractivity contribution in [2.75, 3.05) is 0 Å². The van der Waals surface area contributed by atoms with E-state index >= 15 is 0 Å². The van der Waals surface area contributed by atoms with Crippen LogP contribution in [-0.4, -0.2) is 39.0 Å². The average molecular weight is 553 g/mol. The SMILES string of the molecule is Cc1cc[c-]n1-c1ncnc(C(C)(C)c2ncnc(-n3[c-]ccc3C)n2)n1.[Pt+2]. The summed E-state index contributed by atoms with van der Waals surface area (Å²) in [6.45, 7) is 7.89. The third kappa shape index (κ3) is 3.52. The molecule has 4 heterocycles. The Morgan fingerprint density at radius 2 is 1.18 bits per heavy atom. The zero-order valence-electron chi connectivity index (χ0n) is 15.9. The van der Waals surface area contributed by atoms with E-state index in [1.807, 2.05) is 52.0 Å². The van der Waals surface area contributed by atoms with E-state index in [1.165, 1.54) is 12.7 Å². The number of nitrogens with zero attached hydrogens (tertiary/aromatic N) is 8. The molecule has 9 heteroatoms. The van der Waals surface area contributed by atoms with Gasteiger partial charge in [0.25, 0.3) is 0 Å². The van der Waals surface area contributed by atoms with Gasteiger partial charge in [-0.15, -0.1) is 23.5 Å². The number of aromatic nitrogens is 8. The fourth-order valence-electron chi connectivity index (χ4n) is 2.74. The molecule has 0 N–H and O–H groups in total. The van der Waals surface area contributed by atoms with Crippen LogP contribution in [0.5, 0.6) is 0 Å². The summed E-state index contributed by atoms with van der Waals surface area (Å²) in [5.74, 6) is 2.16. The van der Waals surface area contributed by atoms with Crippen LogP contribution in [-0.2, 0) is 26.5 Å². The maximum atomic E-state index is 4.63. The maximum Gasteiger partial charge on any atom is 2.00 e. The van der Waals surface area contributed by atoms with E-state index in [-0.39, 0.29) is 21.1 Å². The molecule has 0 fully saturated rings. The monoisotopic (exact) mass is 553 g/mol. The van der Waals surface area contributed by atoms with E-state index in [2.05, 4.69) is 42.3 Å². The summed E-state index contributed by atoms with van der Waals surface area (Å²) in [7, 11) is 0. The van der Waals surface area contributed by atoms with Gasteiger partial charge in [-0.05, 0) is 13.8 Å².